The minimum absolute atomic E-state index is 0.00930. The van der Waals surface area contributed by atoms with Crippen LogP contribution in [0, 0.1) is 0 Å². The van der Waals surface area contributed by atoms with Gasteiger partial charge in [-0.15, -0.1) is 0 Å². The van der Waals surface area contributed by atoms with Gasteiger partial charge in [0.05, 0.1) is 11.3 Å². The lowest BCUT2D eigenvalue weighted by atomic mass is 10.2. The predicted octanol–water partition coefficient (Wildman–Crippen LogP) is 1.34. The van der Waals surface area contributed by atoms with Gasteiger partial charge in [0.25, 0.3) is 0 Å². The average Bonchev–Trinajstić information content (AvgIpc) is 2.98. The highest BCUT2D eigenvalue weighted by Gasteiger charge is 2.25. The van der Waals surface area contributed by atoms with E-state index in [1.54, 1.807) is 6.07 Å². The van der Waals surface area contributed by atoms with Crippen LogP contribution in [0.25, 0.3) is 0 Å². The van der Waals surface area contributed by atoms with E-state index in [1.807, 2.05) is 0 Å². The Hall–Kier alpha value is -2.74. The number of Topliss-reactive ketones (excluding diaryl/α,β-unsaturated/α-hetero) is 2. The third-order valence-corrected chi connectivity index (χ3v) is 4.38. The maximum absolute atomic E-state index is 12.2. The number of benzene rings is 1. The van der Waals surface area contributed by atoms with Gasteiger partial charge in [0.2, 0.25) is 26.5 Å². The number of rotatable bonds is 6. The van der Waals surface area contributed by atoms with Crippen molar-refractivity contribution < 1.29 is 32.3 Å². The second-order valence-electron chi connectivity index (χ2n) is 4.26. The van der Waals surface area contributed by atoms with Crippen LogP contribution in [0.3, 0.4) is 0 Å². The number of carboxylic acids is 1. The zero-order valence-electron chi connectivity index (χ0n) is 11.1. The second kappa shape index (κ2) is 5.94. The van der Waals surface area contributed by atoms with Crippen molar-refractivity contribution >= 4 is 27.4 Å². The van der Waals surface area contributed by atoms with E-state index < -0.39 is 38.9 Å². The Bertz CT molecular complexity index is 831. The van der Waals surface area contributed by atoms with Crippen LogP contribution in [0.4, 0.5) is 0 Å². The molecular weight excluding hydrogens is 312 g/mol. The zero-order valence-corrected chi connectivity index (χ0v) is 11.9. The summed E-state index contributed by atoms with van der Waals surface area (Å²) in [7, 11) is -3.92. The third-order valence-electron chi connectivity index (χ3n) is 2.73. The van der Waals surface area contributed by atoms with Gasteiger partial charge in [-0.25, -0.2) is 13.2 Å². The lowest BCUT2D eigenvalue weighted by Gasteiger charge is -2.00. The molecule has 0 fully saturated rings. The van der Waals surface area contributed by atoms with E-state index in [9.17, 15) is 22.8 Å². The van der Waals surface area contributed by atoms with E-state index in [1.165, 1.54) is 24.3 Å². The van der Waals surface area contributed by atoms with Crippen molar-refractivity contribution in [3.63, 3.8) is 0 Å². The van der Waals surface area contributed by atoms with Crippen LogP contribution in [-0.2, 0) is 19.4 Å². The molecule has 0 radical (unpaired) electrons. The van der Waals surface area contributed by atoms with Crippen molar-refractivity contribution in [3.8, 4) is 0 Å². The van der Waals surface area contributed by atoms with E-state index in [2.05, 4.69) is 0 Å². The number of hydrogen-bond donors (Lipinski definition) is 1. The SMILES string of the molecule is O=C(O)C(=O)CC(=O)c1ccc(S(=O)(=O)c2ccccc2)o1. The van der Waals surface area contributed by atoms with Crippen LogP contribution in [0.15, 0.2) is 56.9 Å². The van der Waals surface area contributed by atoms with Crippen LogP contribution in [0.1, 0.15) is 17.0 Å². The Morgan fingerprint density at radius 1 is 1.00 bits per heavy atom. The second-order valence-corrected chi connectivity index (χ2v) is 6.14. The van der Waals surface area contributed by atoms with Gasteiger partial charge in [0, 0.05) is 0 Å². The summed E-state index contributed by atoms with van der Waals surface area (Å²) in [5, 5.41) is 7.98. The van der Waals surface area contributed by atoms with Crippen molar-refractivity contribution in [2.75, 3.05) is 0 Å². The van der Waals surface area contributed by atoms with Crippen molar-refractivity contribution in [2.45, 2.75) is 16.4 Å². The summed E-state index contributed by atoms with van der Waals surface area (Å²) in [6.07, 6.45) is -0.895. The highest BCUT2D eigenvalue weighted by molar-refractivity contribution is 7.91. The smallest absolute Gasteiger partial charge is 0.372 e. The summed E-state index contributed by atoms with van der Waals surface area (Å²) in [4.78, 5) is 33.0. The fraction of sp³-hybridized carbons (Fsp3) is 0.0714. The summed E-state index contributed by atoms with van der Waals surface area (Å²) < 4.78 is 29.4. The van der Waals surface area contributed by atoms with E-state index in [0.717, 1.165) is 12.1 Å². The summed E-state index contributed by atoms with van der Waals surface area (Å²) in [5.74, 6) is -4.32. The van der Waals surface area contributed by atoms with Crippen molar-refractivity contribution in [1.29, 1.82) is 0 Å². The summed E-state index contributed by atoms with van der Waals surface area (Å²) in [6, 6.07) is 9.63. The first-order valence-corrected chi connectivity index (χ1v) is 7.50. The number of carbonyl (C=O) groups is 3. The first-order valence-electron chi connectivity index (χ1n) is 6.01. The van der Waals surface area contributed by atoms with Crippen molar-refractivity contribution in [2.24, 2.45) is 0 Å². The summed E-state index contributed by atoms with van der Waals surface area (Å²) in [6.45, 7) is 0. The molecule has 114 valence electrons. The van der Waals surface area contributed by atoms with E-state index >= 15 is 0 Å². The molecule has 2 aromatic rings. The molecule has 1 aromatic heterocycles. The van der Waals surface area contributed by atoms with Gasteiger partial charge < -0.3 is 9.52 Å². The molecule has 1 N–H and O–H groups in total. The van der Waals surface area contributed by atoms with Gasteiger partial charge in [-0.2, -0.15) is 0 Å². The molecule has 0 atom stereocenters. The first kappa shape index (κ1) is 15.6. The fourth-order valence-corrected chi connectivity index (χ4v) is 2.83. The Morgan fingerprint density at radius 3 is 2.23 bits per heavy atom. The largest absolute Gasteiger partial charge is 0.475 e. The molecule has 0 bridgehead atoms. The number of carbonyl (C=O) groups excluding carboxylic acids is 2. The molecular formula is C14H10O7S. The molecule has 0 aliphatic carbocycles. The summed E-state index contributed by atoms with van der Waals surface area (Å²) >= 11 is 0. The maximum atomic E-state index is 12.2. The van der Waals surface area contributed by atoms with Gasteiger partial charge in [0.15, 0.2) is 5.76 Å². The number of hydrogen-bond acceptors (Lipinski definition) is 6. The topological polar surface area (TPSA) is 119 Å². The molecule has 22 heavy (non-hydrogen) atoms. The molecule has 0 aliphatic heterocycles. The van der Waals surface area contributed by atoms with E-state index in [-0.39, 0.29) is 10.7 Å². The fourth-order valence-electron chi connectivity index (χ4n) is 1.64. The molecule has 1 heterocycles. The van der Waals surface area contributed by atoms with Gasteiger partial charge in [-0.1, -0.05) is 18.2 Å². The quantitative estimate of drug-likeness (QED) is 0.484. The monoisotopic (exact) mass is 322 g/mol. The average molecular weight is 322 g/mol. The molecule has 0 unspecified atom stereocenters. The van der Waals surface area contributed by atoms with E-state index in [0.29, 0.717) is 0 Å². The lowest BCUT2D eigenvalue weighted by Crippen LogP contribution is -2.16. The standard InChI is InChI=1S/C14H10O7S/c15-10(8-11(16)14(17)18)12-6-7-13(21-12)22(19,20)9-4-2-1-3-5-9/h1-7H,8H2,(H,17,18). The molecule has 0 aliphatic rings. The molecule has 7 nitrogen and oxygen atoms in total. The highest BCUT2D eigenvalue weighted by atomic mass is 32.2. The molecule has 0 spiro atoms. The Kier molecular flexibility index (Phi) is 4.22. The van der Waals surface area contributed by atoms with Crippen LogP contribution in [0.5, 0.6) is 0 Å². The van der Waals surface area contributed by atoms with Crippen molar-refractivity contribution in [3.05, 3.63) is 48.2 Å². The zero-order chi connectivity index (χ0) is 16.3. The number of aliphatic carboxylic acids is 1. The normalized spacial score (nSPS) is 11.1. The van der Waals surface area contributed by atoms with Gasteiger partial charge in [0.1, 0.15) is 0 Å². The highest BCUT2D eigenvalue weighted by Crippen LogP contribution is 2.23. The van der Waals surface area contributed by atoms with Crippen LogP contribution in [-0.4, -0.2) is 31.1 Å². The first-order chi connectivity index (χ1) is 10.3. The van der Waals surface area contributed by atoms with Gasteiger partial charge in [-0.3, -0.25) is 9.59 Å². The Labute approximate surface area is 125 Å². The minimum atomic E-state index is -3.92. The maximum Gasteiger partial charge on any atom is 0.372 e. The number of sulfone groups is 1. The molecule has 0 saturated carbocycles. The van der Waals surface area contributed by atoms with Gasteiger partial charge in [-0.05, 0) is 24.3 Å². The minimum Gasteiger partial charge on any atom is -0.475 e. The summed E-state index contributed by atoms with van der Waals surface area (Å²) in [5.41, 5.74) is 0. The Morgan fingerprint density at radius 2 is 1.64 bits per heavy atom. The van der Waals surface area contributed by atoms with Crippen LogP contribution in [0.2, 0.25) is 0 Å². The molecule has 0 saturated heterocycles. The molecule has 2 rings (SSSR count). The van der Waals surface area contributed by atoms with Crippen molar-refractivity contribution in [1.82, 2.24) is 0 Å². The van der Waals surface area contributed by atoms with Crippen LogP contribution < -0.4 is 0 Å². The molecule has 8 heteroatoms. The number of carboxylic acid groups (broad SMARTS) is 1. The predicted molar refractivity (Wildman–Crippen MR) is 72.2 cm³/mol. The number of furan rings is 1. The van der Waals surface area contributed by atoms with E-state index in [4.69, 9.17) is 9.52 Å². The van der Waals surface area contributed by atoms with Gasteiger partial charge >= 0.3 is 5.97 Å². The Balaban J connectivity index is 2.27. The number of ketones is 2. The van der Waals surface area contributed by atoms with Crippen LogP contribution >= 0.6 is 0 Å². The lowest BCUT2D eigenvalue weighted by molar-refractivity contribution is -0.148. The molecule has 0 amide bonds. The third kappa shape index (κ3) is 3.12. The molecule has 1 aromatic carbocycles.